The number of hydrogen-bond acceptors (Lipinski definition) is 4. The third-order valence-electron chi connectivity index (χ3n) is 3.95. The Morgan fingerprint density at radius 3 is 2.91 bits per heavy atom. The molecule has 0 spiro atoms. The van der Waals surface area contributed by atoms with Gasteiger partial charge in [0.2, 0.25) is 0 Å². The third kappa shape index (κ3) is 4.69. The maximum Gasteiger partial charge on any atom is 0.252 e. The van der Waals surface area contributed by atoms with E-state index in [1.54, 1.807) is 25.3 Å². The molecule has 1 unspecified atom stereocenters. The molecule has 1 aliphatic rings. The average molecular weight is 372 g/mol. The molecule has 1 aromatic rings. The first-order valence-electron chi connectivity index (χ1n) is 7.49. The van der Waals surface area contributed by atoms with Crippen molar-refractivity contribution in [1.82, 2.24) is 5.32 Å². The summed E-state index contributed by atoms with van der Waals surface area (Å²) in [6.45, 7) is 1.87. The monoisotopic (exact) mass is 371 g/mol. The number of carbonyl (C=O) groups is 1. The molecule has 2 N–H and O–H groups in total. The number of methoxy groups -OCH3 is 1. The van der Waals surface area contributed by atoms with Crippen molar-refractivity contribution < 1.29 is 19.4 Å². The molecule has 5 nitrogen and oxygen atoms in total. The molecular formula is C16H22BrNO4. The fourth-order valence-electron chi connectivity index (χ4n) is 2.57. The number of amides is 1. The smallest absolute Gasteiger partial charge is 0.252 e. The van der Waals surface area contributed by atoms with E-state index in [-0.39, 0.29) is 11.8 Å². The maximum absolute atomic E-state index is 12.2. The molecule has 2 rings (SSSR count). The minimum atomic E-state index is -0.391. The van der Waals surface area contributed by atoms with Crippen LogP contribution in [0.5, 0.6) is 5.75 Å². The Morgan fingerprint density at radius 2 is 2.23 bits per heavy atom. The number of aliphatic hydroxyl groups is 1. The minimum absolute atomic E-state index is 0.176. The summed E-state index contributed by atoms with van der Waals surface area (Å²) >= 11 is 3.36. The molecule has 1 saturated heterocycles. The predicted octanol–water partition coefficient (Wildman–Crippen LogP) is 2.37. The highest BCUT2D eigenvalue weighted by atomic mass is 79.9. The number of aliphatic hydroxyl groups excluding tert-OH is 1. The van der Waals surface area contributed by atoms with Gasteiger partial charge in [0.15, 0.2) is 0 Å². The van der Waals surface area contributed by atoms with E-state index in [0.29, 0.717) is 37.5 Å². The van der Waals surface area contributed by atoms with Crippen LogP contribution < -0.4 is 10.1 Å². The van der Waals surface area contributed by atoms with Crippen molar-refractivity contribution in [2.45, 2.75) is 25.4 Å². The maximum atomic E-state index is 12.2. The van der Waals surface area contributed by atoms with Gasteiger partial charge in [0, 0.05) is 24.2 Å². The molecule has 1 aromatic carbocycles. The summed E-state index contributed by atoms with van der Waals surface area (Å²) in [5.41, 5.74) is 0.528. The first kappa shape index (κ1) is 17.2. The lowest BCUT2D eigenvalue weighted by atomic mass is 9.92. The molecule has 0 radical (unpaired) electrons. The van der Waals surface area contributed by atoms with Gasteiger partial charge in [0.1, 0.15) is 5.75 Å². The first-order chi connectivity index (χ1) is 10.6. The number of halogens is 1. The van der Waals surface area contributed by atoms with Crippen molar-refractivity contribution in [2.24, 2.45) is 5.92 Å². The van der Waals surface area contributed by atoms with Gasteiger partial charge < -0.3 is 19.9 Å². The van der Waals surface area contributed by atoms with Gasteiger partial charge in [0.05, 0.1) is 18.8 Å². The topological polar surface area (TPSA) is 67.8 Å². The molecule has 1 aliphatic heterocycles. The van der Waals surface area contributed by atoms with Gasteiger partial charge >= 0.3 is 0 Å². The number of benzene rings is 1. The van der Waals surface area contributed by atoms with Gasteiger partial charge in [0.25, 0.3) is 5.91 Å². The zero-order chi connectivity index (χ0) is 15.9. The largest absolute Gasteiger partial charge is 0.497 e. The van der Waals surface area contributed by atoms with Crippen LogP contribution in [0.4, 0.5) is 0 Å². The lowest BCUT2D eigenvalue weighted by Gasteiger charge is -2.26. The van der Waals surface area contributed by atoms with Crippen molar-refractivity contribution >= 4 is 21.8 Å². The number of nitrogens with one attached hydrogen (secondary N) is 1. The van der Waals surface area contributed by atoms with Gasteiger partial charge in [-0.05, 0) is 59.3 Å². The second-order valence-corrected chi connectivity index (χ2v) is 6.26. The SMILES string of the molecule is COc1ccc(Br)c(C(=O)NCCC(O)C2CCOCC2)c1. The van der Waals surface area contributed by atoms with Crippen molar-refractivity contribution in [3.05, 3.63) is 28.2 Å². The van der Waals surface area contributed by atoms with Crippen molar-refractivity contribution in [3.63, 3.8) is 0 Å². The minimum Gasteiger partial charge on any atom is -0.497 e. The Morgan fingerprint density at radius 1 is 1.50 bits per heavy atom. The molecule has 0 bridgehead atoms. The second-order valence-electron chi connectivity index (χ2n) is 5.41. The zero-order valence-electron chi connectivity index (χ0n) is 12.7. The van der Waals surface area contributed by atoms with Gasteiger partial charge in [-0.15, -0.1) is 0 Å². The molecule has 122 valence electrons. The highest BCUT2D eigenvalue weighted by Gasteiger charge is 2.22. The van der Waals surface area contributed by atoms with Crippen LogP contribution in [0, 0.1) is 5.92 Å². The number of ether oxygens (including phenoxy) is 2. The fraction of sp³-hybridized carbons (Fsp3) is 0.562. The number of rotatable bonds is 6. The predicted molar refractivity (Wildman–Crippen MR) is 87.2 cm³/mol. The third-order valence-corrected chi connectivity index (χ3v) is 4.65. The van der Waals surface area contributed by atoms with Crippen LogP contribution >= 0.6 is 15.9 Å². The molecule has 22 heavy (non-hydrogen) atoms. The van der Waals surface area contributed by atoms with Crippen LogP contribution in [0.2, 0.25) is 0 Å². The molecule has 1 heterocycles. The van der Waals surface area contributed by atoms with E-state index in [0.717, 1.165) is 17.3 Å². The van der Waals surface area contributed by atoms with E-state index in [1.165, 1.54) is 0 Å². The van der Waals surface area contributed by atoms with Gasteiger partial charge in [-0.25, -0.2) is 0 Å². The van der Waals surface area contributed by atoms with Crippen LogP contribution in [0.15, 0.2) is 22.7 Å². The van der Waals surface area contributed by atoms with E-state index >= 15 is 0 Å². The van der Waals surface area contributed by atoms with E-state index in [1.807, 2.05) is 0 Å². The van der Waals surface area contributed by atoms with Crippen molar-refractivity contribution in [1.29, 1.82) is 0 Å². The molecule has 1 amide bonds. The van der Waals surface area contributed by atoms with E-state index in [2.05, 4.69) is 21.2 Å². The zero-order valence-corrected chi connectivity index (χ0v) is 14.3. The number of carbonyl (C=O) groups excluding carboxylic acids is 1. The van der Waals surface area contributed by atoms with Gasteiger partial charge in [-0.1, -0.05) is 0 Å². The van der Waals surface area contributed by atoms with E-state index < -0.39 is 6.10 Å². The summed E-state index contributed by atoms with van der Waals surface area (Å²) in [4.78, 5) is 12.2. The van der Waals surface area contributed by atoms with Crippen molar-refractivity contribution in [2.75, 3.05) is 26.9 Å². The highest BCUT2D eigenvalue weighted by Crippen LogP contribution is 2.23. The summed E-state index contributed by atoms with van der Waals surface area (Å²) in [6.07, 6.45) is 1.93. The standard InChI is InChI=1S/C16H22BrNO4/c1-21-12-2-3-14(17)13(10-12)16(20)18-7-4-15(19)11-5-8-22-9-6-11/h2-3,10-11,15,19H,4-9H2,1H3,(H,18,20). The second kappa shape index (κ2) is 8.50. The van der Waals surface area contributed by atoms with Crippen LogP contribution in [0.25, 0.3) is 0 Å². The van der Waals surface area contributed by atoms with Gasteiger partial charge in [-0.2, -0.15) is 0 Å². The van der Waals surface area contributed by atoms with E-state index in [4.69, 9.17) is 9.47 Å². The molecule has 0 aromatic heterocycles. The summed E-state index contributed by atoms with van der Waals surface area (Å²) in [5, 5.41) is 13.0. The van der Waals surface area contributed by atoms with Crippen LogP contribution in [0.3, 0.4) is 0 Å². The van der Waals surface area contributed by atoms with Gasteiger partial charge in [-0.3, -0.25) is 4.79 Å². The molecule has 1 atom stereocenters. The highest BCUT2D eigenvalue weighted by molar-refractivity contribution is 9.10. The normalized spacial score (nSPS) is 17.0. The van der Waals surface area contributed by atoms with Crippen LogP contribution in [0.1, 0.15) is 29.6 Å². The molecule has 0 saturated carbocycles. The van der Waals surface area contributed by atoms with Crippen LogP contribution in [-0.4, -0.2) is 44.0 Å². The lowest BCUT2D eigenvalue weighted by molar-refractivity contribution is 0.00528. The average Bonchev–Trinajstić information content (AvgIpc) is 2.55. The lowest BCUT2D eigenvalue weighted by Crippen LogP contribution is -2.32. The molecule has 0 aliphatic carbocycles. The fourth-order valence-corrected chi connectivity index (χ4v) is 3.00. The molecule has 6 heteroatoms. The Hall–Kier alpha value is -1.11. The van der Waals surface area contributed by atoms with E-state index in [9.17, 15) is 9.90 Å². The first-order valence-corrected chi connectivity index (χ1v) is 8.28. The summed E-state index contributed by atoms with van der Waals surface area (Å²) in [5.74, 6) is 0.731. The Bertz CT molecular complexity index is 503. The van der Waals surface area contributed by atoms with Crippen molar-refractivity contribution in [3.8, 4) is 5.75 Å². The Labute approximate surface area is 139 Å². The summed E-state index contributed by atoms with van der Waals surface area (Å²) < 4.78 is 11.1. The Kier molecular flexibility index (Phi) is 6.67. The summed E-state index contributed by atoms with van der Waals surface area (Å²) in [7, 11) is 1.56. The quantitative estimate of drug-likeness (QED) is 0.805. The Balaban J connectivity index is 1.82. The molecule has 1 fully saturated rings. The molecular weight excluding hydrogens is 350 g/mol. The number of hydrogen-bond donors (Lipinski definition) is 2. The summed E-state index contributed by atoms with van der Waals surface area (Å²) in [6, 6.07) is 5.26. The van der Waals surface area contributed by atoms with Crippen LogP contribution in [-0.2, 0) is 4.74 Å².